The van der Waals surface area contributed by atoms with E-state index >= 15 is 0 Å². The number of rotatable bonds is 7. The van der Waals surface area contributed by atoms with E-state index in [1.54, 1.807) is 42.5 Å². The summed E-state index contributed by atoms with van der Waals surface area (Å²) < 4.78 is 44.4. The van der Waals surface area contributed by atoms with Crippen molar-refractivity contribution in [3.8, 4) is 22.5 Å². The van der Waals surface area contributed by atoms with Gasteiger partial charge in [0.2, 0.25) is 5.91 Å². The number of hydrogen-bond donors (Lipinski definition) is 3. The molecule has 240 valence electrons. The van der Waals surface area contributed by atoms with Crippen molar-refractivity contribution in [2.24, 2.45) is 0 Å². The molecule has 47 heavy (non-hydrogen) atoms. The molecular weight excluding hydrogens is 623 g/mol. The Morgan fingerprint density at radius 2 is 1.51 bits per heavy atom. The molecule has 4 aromatic carbocycles. The first-order valence-corrected chi connectivity index (χ1v) is 16.6. The van der Waals surface area contributed by atoms with Gasteiger partial charge in [0.25, 0.3) is 0 Å². The number of halogens is 1. The van der Waals surface area contributed by atoms with Crippen LogP contribution in [0.1, 0.15) is 6.92 Å². The van der Waals surface area contributed by atoms with Crippen LogP contribution in [-0.2, 0) is 19.4 Å². The van der Waals surface area contributed by atoms with Crippen LogP contribution in [0.5, 0.6) is 0 Å². The molecule has 5 aromatic rings. The van der Waals surface area contributed by atoms with Crippen LogP contribution in [0.15, 0.2) is 89.8 Å². The summed E-state index contributed by atoms with van der Waals surface area (Å²) in [4.78, 5) is 36.0. The van der Waals surface area contributed by atoms with Crippen LogP contribution in [0.3, 0.4) is 0 Å². The average molecular weight is 655 g/mol. The van der Waals surface area contributed by atoms with Gasteiger partial charge in [-0.2, -0.15) is 0 Å². The molecule has 0 saturated carbocycles. The molecule has 1 saturated heterocycles. The Morgan fingerprint density at radius 1 is 0.809 bits per heavy atom. The molecule has 0 radical (unpaired) electrons. The van der Waals surface area contributed by atoms with Gasteiger partial charge in [-0.25, -0.2) is 27.6 Å². The number of benzene rings is 4. The quantitative estimate of drug-likeness (QED) is 0.196. The highest BCUT2D eigenvalue weighted by molar-refractivity contribution is 7.90. The summed E-state index contributed by atoms with van der Waals surface area (Å²) in [5.41, 5.74) is 3.65. The van der Waals surface area contributed by atoms with E-state index < -0.39 is 21.7 Å². The molecule has 0 unspecified atom stereocenters. The zero-order valence-corrected chi connectivity index (χ0v) is 26.4. The number of carbonyl (C=O) groups excluding carboxylic acids is 2. The second-order valence-corrected chi connectivity index (χ2v) is 13.1. The number of nitrogens with one attached hydrogen (secondary N) is 3. The molecule has 1 aliphatic heterocycles. The monoisotopic (exact) mass is 654 g/mol. The minimum absolute atomic E-state index is 0.0455. The Hall–Kier alpha value is -5.40. The number of anilines is 4. The van der Waals surface area contributed by atoms with Gasteiger partial charge in [-0.15, -0.1) is 0 Å². The first-order valence-electron chi connectivity index (χ1n) is 14.7. The van der Waals surface area contributed by atoms with Crippen molar-refractivity contribution in [1.82, 2.24) is 9.97 Å². The third-order valence-corrected chi connectivity index (χ3v) is 8.63. The maximum Gasteiger partial charge on any atom is 0.323 e. The minimum Gasteiger partial charge on any atom is -0.378 e. The summed E-state index contributed by atoms with van der Waals surface area (Å²) in [6, 6.07) is 22.9. The topological polar surface area (TPSA) is 143 Å². The van der Waals surface area contributed by atoms with E-state index in [1.807, 2.05) is 24.3 Å². The van der Waals surface area contributed by atoms with Crippen molar-refractivity contribution in [2.45, 2.75) is 11.8 Å². The van der Waals surface area contributed by atoms with Gasteiger partial charge in [0, 0.05) is 48.6 Å². The molecule has 6 rings (SSSR count). The highest BCUT2D eigenvalue weighted by Crippen LogP contribution is 2.32. The Labute approximate surface area is 270 Å². The number of aromatic nitrogens is 2. The number of nitrogens with zero attached hydrogens (tertiary/aromatic N) is 3. The van der Waals surface area contributed by atoms with E-state index in [2.05, 4.69) is 20.9 Å². The van der Waals surface area contributed by atoms with Gasteiger partial charge in [0.15, 0.2) is 15.7 Å². The van der Waals surface area contributed by atoms with Crippen LogP contribution in [-0.4, -0.2) is 62.9 Å². The standard InChI is InChI=1S/C34H31FN6O5S/c1-21(42)36-26-11-13-30(29(35)20-26)39-34(43)37-25-9-6-22(7-10-25)32-38-31-19-24(23-4-3-5-27(18-23)47(2,44)45)8-12-28(31)33(40-32)41-14-16-46-17-15-41/h3-13,18-20H,14-17H2,1-2H3,(H,36,42)(H2,37,39,43). The highest BCUT2D eigenvalue weighted by atomic mass is 32.2. The summed E-state index contributed by atoms with van der Waals surface area (Å²) in [5, 5.41) is 8.49. The van der Waals surface area contributed by atoms with Crippen molar-refractivity contribution in [3.63, 3.8) is 0 Å². The summed E-state index contributed by atoms with van der Waals surface area (Å²) in [6.45, 7) is 3.79. The second-order valence-electron chi connectivity index (χ2n) is 11.0. The molecule has 0 bridgehead atoms. The Morgan fingerprint density at radius 3 is 2.21 bits per heavy atom. The lowest BCUT2D eigenvalue weighted by Gasteiger charge is -2.29. The van der Waals surface area contributed by atoms with E-state index in [0.29, 0.717) is 48.9 Å². The van der Waals surface area contributed by atoms with E-state index in [1.165, 1.54) is 25.3 Å². The molecule has 1 fully saturated rings. The van der Waals surface area contributed by atoms with E-state index in [4.69, 9.17) is 14.7 Å². The third-order valence-electron chi connectivity index (χ3n) is 7.52. The van der Waals surface area contributed by atoms with Crippen molar-refractivity contribution < 1.29 is 27.1 Å². The Bertz CT molecular complexity index is 2100. The number of carbonyl (C=O) groups is 2. The van der Waals surface area contributed by atoms with Crippen LogP contribution in [0.4, 0.5) is 32.1 Å². The van der Waals surface area contributed by atoms with E-state index in [0.717, 1.165) is 28.4 Å². The maximum absolute atomic E-state index is 14.5. The van der Waals surface area contributed by atoms with Crippen molar-refractivity contribution in [3.05, 3.63) is 90.7 Å². The first kappa shape index (κ1) is 31.6. The largest absolute Gasteiger partial charge is 0.378 e. The number of sulfone groups is 1. The molecule has 13 heteroatoms. The maximum atomic E-state index is 14.5. The van der Waals surface area contributed by atoms with Gasteiger partial charge in [-0.05, 0) is 77.9 Å². The molecular formula is C34H31FN6O5S. The van der Waals surface area contributed by atoms with Crippen molar-refractivity contribution in [1.29, 1.82) is 0 Å². The molecule has 11 nitrogen and oxygen atoms in total. The van der Waals surface area contributed by atoms with Crippen LogP contribution >= 0.6 is 0 Å². The van der Waals surface area contributed by atoms with Gasteiger partial charge in [-0.3, -0.25) is 4.79 Å². The van der Waals surface area contributed by atoms with E-state index in [-0.39, 0.29) is 22.2 Å². The fraction of sp³-hybridized carbons (Fsp3) is 0.176. The molecule has 2 heterocycles. The van der Waals surface area contributed by atoms with E-state index in [9.17, 15) is 22.4 Å². The number of fused-ring (bicyclic) bond motifs is 1. The molecule has 3 amide bonds. The molecule has 3 N–H and O–H groups in total. The molecule has 0 aliphatic carbocycles. The smallest absolute Gasteiger partial charge is 0.323 e. The summed E-state index contributed by atoms with van der Waals surface area (Å²) in [5.74, 6) is 0.202. The van der Waals surface area contributed by atoms with Crippen LogP contribution in [0, 0.1) is 5.82 Å². The number of amides is 3. The van der Waals surface area contributed by atoms with Gasteiger partial charge in [0.1, 0.15) is 11.6 Å². The van der Waals surface area contributed by atoms with Crippen molar-refractivity contribution >= 4 is 55.6 Å². The van der Waals surface area contributed by atoms with Crippen molar-refractivity contribution in [2.75, 3.05) is 53.4 Å². The van der Waals surface area contributed by atoms with Gasteiger partial charge in [-0.1, -0.05) is 18.2 Å². The van der Waals surface area contributed by atoms with Crippen LogP contribution in [0.2, 0.25) is 0 Å². The number of hydrogen-bond acceptors (Lipinski definition) is 8. The average Bonchev–Trinajstić information content (AvgIpc) is 3.05. The lowest BCUT2D eigenvalue weighted by atomic mass is 10.0. The zero-order valence-electron chi connectivity index (χ0n) is 25.6. The SMILES string of the molecule is CC(=O)Nc1ccc(NC(=O)Nc2ccc(-c3nc(N4CCOCC4)c4ccc(-c5cccc(S(C)(=O)=O)c5)cc4n3)cc2)c(F)c1. The zero-order chi connectivity index (χ0) is 33.1. The number of urea groups is 1. The van der Waals surface area contributed by atoms with Gasteiger partial charge in [0.05, 0.1) is 29.3 Å². The predicted octanol–water partition coefficient (Wildman–Crippen LogP) is 5.95. The van der Waals surface area contributed by atoms with Crippen LogP contribution < -0.4 is 20.9 Å². The normalized spacial score (nSPS) is 13.3. The first-order chi connectivity index (χ1) is 22.5. The lowest BCUT2D eigenvalue weighted by Crippen LogP contribution is -2.37. The summed E-state index contributed by atoms with van der Waals surface area (Å²) >= 11 is 0. The highest BCUT2D eigenvalue weighted by Gasteiger charge is 2.19. The van der Waals surface area contributed by atoms with Gasteiger partial charge < -0.3 is 25.6 Å². The fourth-order valence-corrected chi connectivity index (χ4v) is 5.90. The molecule has 1 aromatic heterocycles. The molecule has 0 atom stereocenters. The fourth-order valence-electron chi connectivity index (χ4n) is 5.23. The minimum atomic E-state index is -3.38. The number of ether oxygens (including phenoxy) is 1. The summed E-state index contributed by atoms with van der Waals surface area (Å²) in [7, 11) is -3.38. The third kappa shape index (κ3) is 7.37. The Balaban J connectivity index is 1.28. The molecule has 1 aliphatic rings. The number of morpholine rings is 1. The predicted molar refractivity (Wildman–Crippen MR) is 180 cm³/mol. The van der Waals surface area contributed by atoms with Gasteiger partial charge >= 0.3 is 6.03 Å². The lowest BCUT2D eigenvalue weighted by molar-refractivity contribution is -0.114. The Kier molecular flexibility index (Phi) is 8.83. The summed E-state index contributed by atoms with van der Waals surface area (Å²) in [6.07, 6.45) is 1.18. The second kappa shape index (κ2) is 13.1. The van der Waals surface area contributed by atoms with Crippen LogP contribution in [0.25, 0.3) is 33.4 Å². The molecule has 0 spiro atoms.